The second-order valence-corrected chi connectivity index (χ2v) is 5.67. The Morgan fingerprint density at radius 2 is 1.81 bits per heavy atom. The monoisotopic (exact) mass is 284 g/mol. The molecule has 0 aromatic heterocycles. The Bertz CT molecular complexity index is 553. The molecule has 2 aromatic rings. The molecule has 1 N–H and O–H groups in total. The van der Waals surface area contributed by atoms with Gasteiger partial charge in [0.05, 0.1) is 0 Å². The van der Waals surface area contributed by atoms with Gasteiger partial charge in [-0.15, -0.1) is 0 Å². The van der Waals surface area contributed by atoms with E-state index in [0.717, 1.165) is 26.1 Å². The summed E-state index contributed by atoms with van der Waals surface area (Å²) >= 11 is 0. The van der Waals surface area contributed by atoms with Gasteiger partial charge in [-0.05, 0) is 42.7 Å². The lowest BCUT2D eigenvalue weighted by Crippen LogP contribution is -2.27. The molecule has 110 valence electrons. The number of nitrogens with zero attached hydrogens (tertiary/aromatic N) is 1. The topological polar surface area (TPSA) is 15.3 Å². The van der Waals surface area contributed by atoms with E-state index >= 15 is 0 Å². The molecule has 1 heterocycles. The van der Waals surface area contributed by atoms with Crippen molar-refractivity contribution in [3.63, 3.8) is 0 Å². The molecule has 3 heteroatoms. The molecule has 0 spiro atoms. The molecule has 0 aliphatic carbocycles. The van der Waals surface area contributed by atoms with Crippen molar-refractivity contribution in [3.8, 4) is 0 Å². The summed E-state index contributed by atoms with van der Waals surface area (Å²) in [5.74, 6) is -0.160. The minimum absolute atomic E-state index is 0.160. The number of para-hydroxylation sites is 1. The third-order valence-corrected chi connectivity index (χ3v) is 4.05. The highest BCUT2D eigenvalue weighted by Gasteiger charge is 2.21. The number of hydrogen-bond acceptors (Lipinski definition) is 2. The van der Waals surface area contributed by atoms with Crippen LogP contribution < -0.4 is 5.32 Å². The van der Waals surface area contributed by atoms with Gasteiger partial charge in [-0.25, -0.2) is 4.39 Å². The average molecular weight is 284 g/mol. The van der Waals surface area contributed by atoms with Gasteiger partial charge in [-0.3, -0.25) is 0 Å². The van der Waals surface area contributed by atoms with E-state index in [4.69, 9.17) is 0 Å². The summed E-state index contributed by atoms with van der Waals surface area (Å²) in [7, 11) is 0. The van der Waals surface area contributed by atoms with Crippen molar-refractivity contribution in [3.05, 3.63) is 66.0 Å². The first-order valence-electron chi connectivity index (χ1n) is 7.58. The number of rotatable bonds is 5. The number of benzene rings is 2. The normalized spacial score (nSPS) is 18.8. The summed E-state index contributed by atoms with van der Waals surface area (Å²) in [6.45, 7) is 3.25. The quantitative estimate of drug-likeness (QED) is 0.903. The highest BCUT2D eigenvalue weighted by molar-refractivity contribution is 5.43. The summed E-state index contributed by atoms with van der Waals surface area (Å²) in [5.41, 5.74) is 2.40. The Hall–Kier alpha value is -1.87. The summed E-state index contributed by atoms with van der Waals surface area (Å²) in [6, 6.07) is 17.7. The molecule has 0 amide bonds. The van der Waals surface area contributed by atoms with Crippen molar-refractivity contribution in [1.29, 1.82) is 0 Å². The van der Waals surface area contributed by atoms with Gasteiger partial charge >= 0.3 is 0 Å². The van der Waals surface area contributed by atoms with E-state index in [1.165, 1.54) is 17.7 Å². The molecule has 1 aliphatic heterocycles. The fraction of sp³-hybridized carbons (Fsp3) is 0.333. The van der Waals surface area contributed by atoms with Crippen LogP contribution in [0.25, 0.3) is 0 Å². The van der Waals surface area contributed by atoms with Crippen molar-refractivity contribution in [1.82, 2.24) is 4.90 Å². The molecule has 1 fully saturated rings. The number of halogens is 1. The Kier molecular flexibility index (Phi) is 4.51. The standard InChI is InChI=1S/C18H21FN2/c19-16-8-6-15(7-9-16)10-12-21-13-11-18(14-21)20-17-4-2-1-3-5-17/h1-9,18,20H,10-14H2/t18-/m0/s1. The summed E-state index contributed by atoms with van der Waals surface area (Å²) < 4.78 is 12.9. The smallest absolute Gasteiger partial charge is 0.123 e. The number of nitrogens with one attached hydrogen (secondary N) is 1. The first-order valence-corrected chi connectivity index (χ1v) is 7.58. The predicted molar refractivity (Wildman–Crippen MR) is 85.0 cm³/mol. The maximum Gasteiger partial charge on any atom is 0.123 e. The van der Waals surface area contributed by atoms with E-state index in [0.29, 0.717) is 6.04 Å². The fourth-order valence-electron chi connectivity index (χ4n) is 2.86. The third kappa shape index (κ3) is 4.05. The molecular formula is C18H21FN2. The first-order chi connectivity index (χ1) is 10.3. The zero-order chi connectivity index (χ0) is 14.5. The van der Waals surface area contributed by atoms with Crippen molar-refractivity contribution < 1.29 is 4.39 Å². The van der Waals surface area contributed by atoms with Crippen LogP contribution in [0, 0.1) is 5.82 Å². The molecule has 0 bridgehead atoms. The van der Waals surface area contributed by atoms with Gasteiger partial charge < -0.3 is 10.2 Å². The zero-order valence-corrected chi connectivity index (χ0v) is 12.1. The van der Waals surface area contributed by atoms with Crippen LogP contribution in [0.1, 0.15) is 12.0 Å². The van der Waals surface area contributed by atoms with Crippen molar-refractivity contribution in [2.45, 2.75) is 18.9 Å². The SMILES string of the molecule is Fc1ccc(CCN2CC[C@H](Nc3ccccc3)C2)cc1. The molecular weight excluding hydrogens is 263 g/mol. The number of anilines is 1. The van der Waals surface area contributed by atoms with Crippen LogP contribution in [0.2, 0.25) is 0 Å². The van der Waals surface area contributed by atoms with Gasteiger partial charge in [0, 0.05) is 31.4 Å². The molecule has 1 saturated heterocycles. The Labute approximate surface area is 125 Å². The Balaban J connectivity index is 1.45. The third-order valence-electron chi connectivity index (χ3n) is 4.05. The molecule has 1 atom stereocenters. The maximum atomic E-state index is 12.9. The first kappa shape index (κ1) is 14.1. The maximum absolute atomic E-state index is 12.9. The van der Waals surface area contributed by atoms with Gasteiger partial charge in [0.15, 0.2) is 0 Å². The lowest BCUT2D eigenvalue weighted by Gasteiger charge is -2.17. The second-order valence-electron chi connectivity index (χ2n) is 5.67. The van der Waals surface area contributed by atoms with Crippen LogP contribution in [0.4, 0.5) is 10.1 Å². The molecule has 0 radical (unpaired) electrons. The molecule has 21 heavy (non-hydrogen) atoms. The molecule has 3 rings (SSSR count). The van der Waals surface area contributed by atoms with Crippen LogP contribution in [0.15, 0.2) is 54.6 Å². The van der Waals surface area contributed by atoms with Crippen LogP contribution >= 0.6 is 0 Å². The van der Waals surface area contributed by atoms with E-state index in [1.807, 2.05) is 18.2 Å². The van der Waals surface area contributed by atoms with Crippen LogP contribution in [-0.4, -0.2) is 30.6 Å². The number of likely N-dealkylation sites (tertiary alicyclic amines) is 1. The minimum atomic E-state index is -0.160. The average Bonchev–Trinajstić information content (AvgIpc) is 2.95. The lowest BCUT2D eigenvalue weighted by molar-refractivity contribution is 0.340. The van der Waals surface area contributed by atoms with E-state index in [2.05, 4.69) is 34.5 Å². The molecule has 2 nitrogen and oxygen atoms in total. The highest BCUT2D eigenvalue weighted by Crippen LogP contribution is 2.16. The summed E-state index contributed by atoms with van der Waals surface area (Å²) in [6.07, 6.45) is 2.16. The molecule has 0 unspecified atom stereocenters. The van der Waals surface area contributed by atoms with Gasteiger partial charge in [-0.1, -0.05) is 30.3 Å². The minimum Gasteiger partial charge on any atom is -0.381 e. The zero-order valence-electron chi connectivity index (χ0n) is 12.1. The Morgan fingerprint density at radius 1 is 1.05 bits per heavy atom. The summed E-state index contributed by atoms with van der Waals surface area (Å²) in [4.78, 5) is 2.48. The van der Waals surface area contributed by atoms with E-state index in [9.17, 15) is 4.39 Å². The van der Waals surface area contributed by atoms with E-state index in [-0.39, 0.29) is 5.82 Å². The fourth-order valence-corrected chi connectivity index (χ4v) is 2.86. The highest BCUT2D eigenvalue weighted by atomic mass is 19.1. The van der Waals surface area contributed by atoms with E-state index < -0.39 is 0 Å². The van der Waals surface area contributed by atoms with Crippen molar-refractivity contribution in [2.24, 2.45) is 0 Å². The van der Waals surface area contributed by atoms with Gasteiger partial charge in [0.25, 0.3) is 0 Å². The van der Waals surface area contributed by atoms with Gasteiger partial charge in [0.2, 0.25) is 0 Å². The molecule has 1 aliphatic rings. The van der Waals surface area contributed by atoms with Crippen molar-refractivity contribution >= 4 is 5.69 Å². The molecule has 0 saturated carbocycles. The van der Waals surface area contributed by atoms with Crippen molar-refractivity contribution in [2.75, 3.05) is 25.0 Å². The Morgan fingerprint density at radius 3 is 2.57 bits per heavy atom. The van der Waals surface area contributed by atoms with Crippen LogP contribution in [0.3, 0.4) is 0 Å². The molecule has 2 aromatic carbocycles. The van der Waals surface area contributed by atoms with Gasteiger partial charge in [0.1, 0.15) is 5.82 Å². The van der Waals surface area contributed by atoms with Crippen LogP contribution in [-0.2, 0) is 6.42 Å². The summed E-state index contributed by atoms with van der Waals surface area (Å²) in [5, 5.41) is 3.59. The second kappa shape index (κ2) is 6.72. The van der Waals surface area contributed by atoms with Gasteiger partial charge in [-0.2, -0.15) is 0 Å². The van der Waals surface area contributed by atoms with Crippen LogP contribution in [0.5, 0.6) is 0 Å². The lowest BCUT2D eigenvalue weighted by atomic mass is 10.1. The number of hydrogen-bond donors (Lipinski definition) is 1. The van der Waals surface area contributed by atoms with E-state index in [1.54, 1.807) is 12.1 Å². The largest absolute Gasteiger partial charge is 0.381 e. The predicted octanol–water partition coefficient (Wildman–Crippen LogP) is 3.55.